The van der Waals surface area contributed by atoms with E-state index in [1.807, 2.05) is 0 Å². The Bertz CT molecular complexity index is 846. The van der Waals surface area contributed by atoms with Crippen molar-refractivity contribution in [2.75, 3.05) is 0 Å². The van der Waals surface area contributed by atoms with E-state index in [9.17, 15) is 18.3 Å². The molecule has 1 N–H and O–H groups in total. The van der Waals surface area contributed by atoms with Crippen LogP contribution in [0, 0.1) is 0 Å². The highest BCUT2D eigenvalue weighted by molar-refractivity contribution is 5.66. The summed E-state index contributed by atoms with van der Waals surface area (Å²) in [5, 5.41) is 16.7. The lowest BCUT2D eigenvalue weighted by molar-refractivity contribution is -0.139. The average molecular weight is 321 g/mol. The standard InChI is InChI=1S/C16H14F3N3O/c1-15(2,23)12-6-3-10(4-7-12)11-5-8-13-14(16(17,18)19)20-21-22(13)9-11/h3-9,23H,1-2H3. The van der Waals surface area contributed by atoms with Crippen molar-refractivity contribution in [3.63, 3.8) is 0 Å². The van der Waals surface area contributed by atoms with Gasteiger partial charge in [0.1, 0.15) is 0 Å². The number of nitrogens with zero attached hydrogens (tertiary/aromatic N) is 3. The van der Waals surface area contributed by atoms with Gasteiger partial charge in [-0.05, 0) is 31.0 Å². The molecule has 1 aromatic carbocycles. The molecule has 7 heteroatoms. The Balaban J connectivity index is 2.01. The van der Waals surface area contributed by atoms with Gasteiger partial charge in [0.15, 0.2) is 5.69 Å². The van der Waals surface area contributed by atoms with E-state index in [1.165, 1.54) is 12.3 Å². The van der Waals surface area contributed by atoms with E-state index in [4.69, 9.17) is 0 Å². The van der Waals surface area contributed by atoms with Crippen LogP contribution in [0.1, 0.15) is 25.1 Å². The van der Waals surface area contributed by atoms with Crippen LogP contribution < -0.4 is 0 Å². The zero-order valence-corrected chi connectivity index (χ0v) is 12.5. The van der Waals surface area contributed by atoms with Gasteiger partial charge in [0.2, 0.25) is 0 Å². The molecular weight excluding hydrogens is 307 g/mol. The third kappa shape index (κ3) is 2.92. The van der Waals surface area contributed by atoms with E-state index < -0.39 is 17.5 Å². The Kier molecular flexibility index (Phi) is 3.40. The van der Waals surface area contributed by atoms with Gasteiger partial charge in [0.05, 0.1) is 11.1 Å². The van der Waals surface area contributed by atoms with Crippen molar-refractivity contribution in [2.24, 2.45) is 0 Å². The molecule has 2 heterocycles. The number of pyridine rings is 1. The molecule has 23 heavy (non-hydrogen) atoms. The van der Waals surface area contributed by atoms with Crippen molar-refractivity contribution in [1.29, 1.82) is 0 Å². The maximum absolute atomic E-state index is 12.8. The van der Waals surface area contributed by atoms with Gasteiger partial charge in [-0.15, -0.1) is 5.10 Å². The topological polar surface area (TPSA) is 50.4 Å². The minimum absolute atomic E-state index is 0.0886. The highest BCUT2D eigenvalue weighted by atomic mass is 19.4. The third-order valence-electron chi connectivity index (χ3n) is 3.61. The first-order chi connectivity index (χ1) is 10.7. The molecule has 3 rings (SSSR count). The smallest absolute Gasteiger partial charge is 0.386 e. The van der Waals surface area contributed by atoms with Crippen LogP contribution in [0.4, 0.5) is 13.2 Å². The Morgan fingerprint density at radius 1 is 0.957 bits per heavy atom. The normalized spacial score (nSPS) is 12.8. The molecule has 0 atom stereocenters. The van der Waals surface area contributed by atoms with Crippen molar-refractivity contribution in [2.45, 2.75) is 25.6 Å². The highest BCUT2D eigenvalue weighted by Crippen LogP contribution is 2.31. The van der Waals surface area contributed by atoms with Crippen LogP contribution in [0.5, 0.6) is 0 Å². The summed E-state index contributed by atoms with van der Waals surface area (Å²) in [6, 6.07) is 10.1. The lowest BCUT2D eigenvalue weighted by atomic mass is 9.96. The van der Waals surface area contributed by atoms with Gasteiger partial charge in [0.25, 0.3) is 0 Å². The summed E-state index contributed by atoms with van der Waals surface area (Å²) < 4.78 is 39.5. The fraction of sp³-hybridized carbons (Fsp3) is 0.250. The molecule has 120 valence electrons. The third-order valence-corrected chi connectivity index (χ3v) is 3.61. The lowest BCUT2D eigenvalue weighted by Crippen LogP contribution is -2.14. The van der Waals surface area contributed by atoms with Gasteiger partial charge >= 0.3 is 6.18 Å². The van der Waals surface area contributed by atoms with Gasteiger partial charge in [-0.25, -0.2) is 4.52 Å². The molecule has 0 saturated carbocycles. The van der Waals surface area contributed by atoms with Crippen LogP contribution in [0.3, 0.4) is 0 Å². The van der Waals surface area contributed by atoms with Crippen LogP contribution in [-0.4, -0.2) is 19.9 Å². The first-order valence-electron chi connectivity index (χ1n) is 6.92. The first-order valence-corrected chi connectivity index (χ1v) is 6.92. The number of benzene rings is 1. The quantitative estimate of drug-likeness (QED) is 0.784. The average Bonchev–Trinajstić information content (AvgIpc) is 2.89. The van der Waals surface area contributed by atoms with E-state index in [-0.39, 0.29) is 5.52 Å². The zero-order valence-electron chi connectivity index (χ0n) is 12.5. The number of hydrogen-bond acceptors (Lipinski definition) is 3. The van der Waals surface area contributed by atoms with Crippen molar-refractivity contribution in [3.8, 4) is 11.1 Å². The van der Waals surface area contributed by atoms with Crippen LogP contribution in [0.2, 0.25) is 0 Å². The molecule has 0 radical (unpaired) electrons. The summed E-state index contributed by atoms with van der Waals surface area (Å²) in [5.74, 6) is 0. The van der Waals surface area contributed by atoms with E-state index in [0.29, 0.717) is 5.56 Å². The number of fused-ring (bicyclic) bond motifs is 1. The monoisotopic (exact) mass is 321 g/mol. The minimum Gasteiger partial charge on any atom is -0.386 e. The lowest BCUT2D eigenvalue weighted by Gasteiger charge is -2.17. The summed E-state index contributed by atoms with van der Waals surface area (Å²) in [4.78, 5) is 0. The zero-order chi connectivity index (χ0) is 16.8. The van der Waals surface area contributed by atoms with Gasteiger partial charge in [-0.1, -0.05) is 35.5 Å². The molecule has 0 fully saturated rings. The van der Waals surface area contributed by atoms with E-state index in [1.54, 1.807) is 44.2 Å². The second kappa shape index (κ2) is 5.06. The highest BCUT2D eigenvalue weighted by Gasteiger charge is 2.36. The molecule has 0 unspecified atom stereocenters. The van der Waals surface area contributed by atoms with Gasteiger partial charge in [-0.3, -0.25) is 0 Å². The van der Waals surface area contributed by atoms with Crippen LogP contribution in [-0.2, 0) is 11.8 Å². The Morgan fingerprint density at radius 3 is 2.13 bits per heavy atom. The summed E-state index contributed by atoms with van der Waals surface area (Å²) in [7, 11) is 0. The van der Waals surface area contributed by atoms with Crippen molar-refractivity contribution in [1.82, 2.24) is 14.8 Å². The maximum atomic E-state index is 12.8. The largest absolute Gasteiger partial charge is 0.437 e. The predicted molar refractivity (Wildman–Crippen MR) is 78.7 cm³/mol. The molecule has 0 aliphatic carbocycles. The van der Waals surface area contributed by atoms with Crippen LogP contribution in [0.15, 0.2) is 42.6 Å². The Morgan fingerprint density at radius 2 is 1.57 bits per heavy atom. The van der Waals surface area contributed by atoms with Crippen LogP contribution in [0.25, 0.3) is 16.6 Å². The number of rotatable bonds is 2. The fourth-order valence-electron chi connectivity index (χ4n) is 2.34. The van der Waals surface area contributed by atoms with Crippen LogP contribution >= 0.6 is 0 Å². The summed E-state index contributed by atoms with van der Waals surface area (Å²) in [6.45, 7) is 3.37. The summed E-state index contributed by atoms with van der Waals surface area (Å²) >= 11 is 0. The van der Waals surface area contributed by atoms with Crippen molar-refractivity contribution in [3.05, 3.63) is 53.9 Å². The van der Waals surface area contributed by atoms with Gasteiger partial charge in [-0.2, -0.15) is 13.2 Å². The molecule has 0 saturated heterocycles. The molecule has 2 aromatic heterocycles. The summed E-state index contributed by atoms with van der Waals surface area (Å²) in [6.07, 6.45) is -3.03. The molecule has 3 aromatic rings. The van der Waals surface area contributed by atoms with E-state index in [0.717, 1.165) is 15.6 Å². The predicted octanol–water partition coefficient (Wildman–Crippen LogP) is 3.64. The fourth-order valence-corrected chi connectivity index (χ4v) is 2.34. The molecule has 0 spiro atoms. The van der Waals surface area contributed by atoms with E-state index >= 15 is 0 Å². The number of aliphatic hydroxyl groups is 1. The summed E-state index contributed by atoms with van der Waals surface area (Å²) in [5.41, 5.74) is 0.233. The second-order valence-corrected chi connectivity index (χ2v) is 5.82. The van der Waals surface area contributed by atoms with Crippen molar-refractivity contribution < 1.29 is 18.3 Å². The van der Waals surface area contributed by atoms with Crippen molar-refractivity contribution >= 4 is 5.52 Å². The maximum Gasteiger partial charge on any atom is 0.437 e. The SMILES string of the molecule is CC(C)(O)c1ccc(-c2ccc3c(C(F)(F)F)nnn3c2)cc1. The second-order valence-electron chi connectivity index (χ2n) is 5.82. The Hall–Kier alpha value is -2.41. The number of alkyl halides is 3. The minimum atomic E-state index is -4.53. The molecule has 0 aliphatic rings. The number of aromatic nitrogens is 3. The van der Waals surface area contributed by atoms with Gasteiger partial charge in [0, 0.05) is 11.8 Å². The number of hydrogen-bond donors (Lipinski definition) is 1. The molecule has 4 nitrogen and oxygen atoms in total. The molecule has 0 aliphatic heterocycles. The molecule has 0 bridgehead atoms. The molecule has 0 amide bonds. The first kappa shape index (κ1) is 15.5. The number of halogens is 3. The van der Waals surface area contributed by atoms with E-state index in [2.05, 4.69) is 10.3 Å². The molecular formula is C16H14F3N3O. The Labute approximate surface area is 130 Å². The van der Waals surface area contributed by atoms with Gasteiger partial charge < -0.3 is 5.11 Å².